The van der Waals surface area contributed by atoms with Gasteiger partial charge in [-0.1, -0.05) is 0 Å². The molecule has 1 saturated heterocycles. The summed E-state index contributed by atoms with van der Waals surface area (Å²) in [5.41, 5.74) is 5.16. The molecule has 130 valence electrons. The lowest BCUT2D eigenvalue weighted by Gasteiger charge is -2.30. The molecule has 0 unspecified atom stereocenters. The van der Waals surface area contributed by atoms with Gasteiger partial charge in [0, 0.05) is 13.8 Å². The summed E-state index contributed by atoms with van der Waals surface area (Å²) in [7, 11) is 0. The molecular weight excluding hydrogens is 351 g/mol. The van der Waals surface area contributed by atoms with Crippen LogP contribution in [0.25, 0.3) is 6.08 Å². The van der Waals surface area contributed by atoms with Crippen LogP contribution in [0.15, 0.2) is 5.57 Å². The van der Waals surface area contributed by atoms with E-state index in [4.69, 9.17) is 32.7 Å². The number of cyclic esters (lactones) is 2. The molecule has 1 aromatic carbocycles. The number of hydrogen-bond donors (Lipinski definition) is 0. The highest BCUT2D eigenvalue weighted by Gasteiger charge is 2.39. The highest BCUT2D eigenvalue weighted by Crippen LogP contribution is 2.37. The zero-order valence-corrected chi connectivity index (χ0v) is 16.1. The molecule has 0 aliphatic carbocycles. The van der Waals surface area contributed by atoms with Crippen LogP contribution in [0.1, 0.15) is 52.1 Å². The molecule has 4 nitrogen and oxygen atoms in total. The predicted octanol–water partition coefficient (Wildman–Crippen LogP) is 4.62. The molecular formula is C18H20Cl2O4. The SMILES string of the molecule is Cc1c(C)c(C(Cl)Cl)c(C)c(C)c1C=C1C(=O)OC(C)(C)OC1=O. The summed E-state index contributed by atoms with van der Waals surface area (Å²) in [5, 5.41) is 0. The van der Waals surface area contributed by atoms with Crippen molar-refractivity contribution in [1.82, 2.24) is 0 Å². The largest absolute Gasteiger partial charge is 0.419 e. The molecule has 1 fully saturated rings. The maximum absolute atomic E-state index is 12.2. The van der Waals surface area contributed by atoms with Crippen molar-refractivity contribution in [1.29, 1.82) is 0 Å². The molecule has 24 heavy (non-hydrogen) atoms. The molecule has 1 aliphatic rings. The van der Waals surface area contributed by atoms with Gasteiger partial charge in [0.15, 0.2) is 0 Å². The molecule has 1 heterocycles. The summed E-state index contributed by atoms with van der Waals surface area (Å²) in [6, 6.07) is 0. The van der Waals surface area contributed by atoms with Crippen LogP contribution in [-0.2, 0) is 19.1 Å². The van der Waals surface area contributed by atoms with Gasteiger partial charge in [-0.25, -0.2) is 9.59 Å². The van der Waals surface area contributed by atoms with Gasteiger partial charge in [0.1, 0.15) is 10.4 Å². The average molecular weight is 371 g/mol. The van der Waals surface area contributed by atoms with Gasteiger partial charge in [0.25, 0.3) is 5.79 Å². The van der Waals surface area contributed by atoms with E-state index in [-0.39, 0.29) is 5.57 Å². The summed E-state index contributed by atoms with van der Waals surface area (Å²) < 4.78 is 10.3. The third-order valence-electron chi connectivity index (χ3n) is 4.36. The van der Waals surface area contributed by atoms with Crippen LogP contribution in [0.4, 0.5) is 0 Å². The van der Waals surface area contributed by atoms with E-state index in [1.807, 2.05) is 27.7 Å². The van der Waals surface area contributed by atoms with Crippen molar-refractivity contribution < 1.29 is 19.1 Å². The number of rotatable bonds is 2. The number of carbonyl (C=O) groups is 2. The van der Waals surface area contributed by atoms with E-state index in [0.29, 0.717) is 0 Å². The molecule has 0 bridgehead atoms. The van der Waals surface area contributed by atoms with Crippen LogP contribution < -0.4 is 0 Å². The zero-order chi connectivity index (χ0) is 18.4. The molecule has 0 spiro atoms. The van der Waals surface area contributed by atoms with Crippen LogP contribution in [0.2, 0.25) is 0 Å². The second-order valence-corrected chi connectivity index (χ2v) is 7.46. The number of halogens is 2. The Morgan fingerprint density at radius 2 is 1.29 bits per heavy atom. The summed E-state index contributed by atoms with van der Waals surface area (Å²) >= 11 is 12.2. The number of ether oxygens (including phenoxy) is 2. The van der Waals surface area contributed by atoms with Crippen LogP contribution in [0, 0.1) is 27.7 Å². The minimum Gasteiger partial charge on any atom is -0.419 e. The van der Waals surface area contributed by atoms with Crippen molar-refractivity contribution in [2.45, 2.75) is 52.2 Å². The highest BCUT2D eigenvalue weighted by molar-refractivity contribution is 6.44. The van der Waals surface area contributed by atoms with Gasteiger partial charge in [-0.2, -0.15) is 0 Å². The number of hydrogen-bond acceptors (Lipinski definition) is 4. The van der Waals surface area contributed by atoms with Crippen LogP contribution in [0.3, 0.4) is 0 Å². The molecule has 0 radical (unpaired) electrons. The minimum atomic E-state index is -1.25. The van der Waals surface area contributed by atoms with Crippen molar-refractivity contribution in [2.24, 2.45) is 0 Å². The lowest BCUT2D eigenvalue weighted by molar-refractivity contribution is -0.222. The van der Waals surface area contributed by atoms with Gasteiger partial charge in [-0.3, -0.25) is 0 Å². The van der Waals surface area contributed by atoms with Crippen molar-refractivity contribution in [2.75, 3.05) is 0 Å². The van der Waals surface area contributed by atoms with E-state index >= 15 is 0 Å². The molecule has 2 rings (SSSR count). The van der Waals surface area contributed by atoms with E-state index in [1.54, 1.807) is 0 Å². The Bertz CT molecular complexity index is 710. The van der Waals surface area contributed by atoms with Crippen LogP contribution >= 0.6 is 23.2 Å². The molecule has 1 aliphatic heterocycles. The van der Waals surface area contributed by atoms with Gasteiger partial charge in [0.2, 0.25) is 0 Å². The molecule has 6 heteroatoms. The first-order valence-electron chi connectivity index (χ1n) is 7.53. The quantitative estimate of drug-likeness (QED) is 0.330. The molecule has 0 saturated carbocycles. The number of esters is 2. The van der Waals surface area contributed by atoms with E-state index < -0.39 is 22.6 Å². The lowest BCUT2D eigenvalue weighted by Crippen LogP contribution is -2.41. The van der Waals surface area contributed by atoms with E-state index in [0.717, 1.165) is 33.4 Å². The van der Waals surface area contributed by atoms with Gasteiger partial charge >= 0.3 is 11.9 Å². The maximum atomic E-state index is 12.2. The topological polar surface area (TPSA) is 52.6 Å². The van der Waals surface area contributed by atoms with E-state index in [1.165, 1.54) is 19.9 Å². The third-order valence-corrected chi connectivity index (χ3v) is 4.80. The smallest absolute Gasteiger partial charge is 0.348 e. The van der Waals surface area contributed by atoms with Crippen LogP contribution in [-0.4, -0.2) is 17.7 Å². The summed E-state index contributed by atoms with van der Waals surface area (Å²) in [6.45, 7) is 10.7. The molecule has 0 aromatic heterocycles. The highest BCUT2D eigenvalue weighted by atomic mass is 35.5. The van der Waals surface area contributed by atoms with Crippen molar-refractivity contribution in [3.63, 3.8) is 0 Å². The van der Waals surface area contributed by atoms with Crippen molar-refractivity contribution >= 4 is 41.2 Å². The fraction of sp³-hybridized carbons (Fsp3) is 0.444. The van der Waals surface area contributed by atoms with Gasteiger partial charge < -0.3 is 9.47 Å². The summed E-state index contributed by atoms with van der Waals surface area (Å²) in [6.07, 6.45) is 1.52. The number of carbonyl (C=O) groups excluding carboxylic acids is 2. The number of benzene rings is 1. The Kier molecular flexibility index (Phi) is 5.03. The van der Waals surface area contributed by atoms with Crippen molar-refractivity contribution in [3.8, 4) is 0 Å². The molecule has 0 atom stereocenters. The first kappa shape index (κ1) is 18.8. The standard InChI is InChI=1S/C18H20Cl2O4/c1-8-10(3)14(15(19)20)11(4)9(2)12(8)7-13-16(21)23-18(5,6)24-17(13)22/h7,15H,1-6H3. The lowest BCUT2D eigenvalue weighted by atomic mass is 9.88. The summed E-state index contributed by atoms with van der Waals surface area (Å²) in [5.74, 6) is -2.64. The zero-order valence-electron chi connectivity index (χ0n) is 14.5. The fourth-order valence-corrected chi connectivity index (χ4v) is 3.49. The summed E-state index contributed by atoms with van der Waals surface area (Å²) in [4.78, 5) is 23.7. The van der Waals surface area contributed by atoms with Gasteiger partial charge in [-0.05, 0) is 67.2 Å². The van der Waals surface area contributed by atoms with E-state index in [9.17, 15) is 9.59 Å². The Labute approximate surface area is 151 Å². The Balaban J connectivity index is 2.63. The molecule has 0 N–H and O–H groups in total. The van der Waals surface area contributed by atoms with Gasteiger partial charge in [0.05, 0.1) is 0 Å². The fourth-order valence-electron chi connectivity index (χ4n) is 2.84. The Morgan fingerprint density at radius 1 is 0.875 bits per heavy atom. The first-order chi connectivity index (χ1) is 11.0. The maximum Gasteiger partial charge on any atom is 0.348 e. The average Bonchev–Trinajstić information content (AvgIpc) is 2.42. The molecule has 0 amide bonds. The third kappa shape index (κ3) is 3.31. The normalized spacial score (nSPS) is 17.0. The Morgan fingerprint density at radius 3 is 1.67 bits per heavy atom. The Hall–Kier alpha value is -1.52. The van der Waals surface area contributed by atoms with E-state index in [2.05, 4.69) is 0 Å². The van der Waals surface area contributed by atoms with Crippen molar-refractivity contribution in [3.05, 3.63) is 39.0 Å². The first-order valence-corrected chi connectivity index (χ1v) is 8.40. The second-order valence-electron chi connectivity index (χ2n) is 6.36. The van der Waals surface area contributed by atoms with Crippen LogP contribution in [0.5, 0.6) is 0 Å². The minimum absolute atomic E-state index is 0.125. The second kappa shape index (κ2) is 6.41. The predicted molar refractivity (Wildman–Crippen MR) is 94.1 cm³/mol. The monoisotopic (exact) mass is 370 g/mol. The van der Waals surface area contributed by atoms with Gasteiger partial charge in [-0.15, -0.1) is 23.2 Å². The number of alkyl halides is 2. The molecule has 1 aromatic rings.